The van der Waals surface area contributed by atoms with Crippen molar-refractivity contribution in [1.82, 2.24) is 4.90 Å². The van der Waals surface area contributed by atoms with Gasteiger partial charge in [-0.3, -0.25) is 14.5 Å². The van der Waals surface area contributed by atoms with Gasteiger partial charge in [-0.05, 0) is 17.7 Å². The molecule has 0 aliphatic carbocycles. The molecule has 0 unspecified atom stereocenters. The molecule has 1 rings (SSSR count). The van der Waals surface area contributed by atoms with Crippen LogP contribution in [0.4, 0.5) is 0 Å². The zero-order valence-corrected chi connectivity index (χ0v) is 9.04. The third-order valence-corrected chi connectivity index (χ3v) is 2.06. The van der Waals surface area contributed by atoms with Gasteiger partial charge in [-0.15, -0.1) is 0 Å². The van der Waals surface area contributed by atoms with Crippen molar-refractivity contribution in [3.05, 3.63) is 29.8 Å². The summed E-state index contributed by atoms with van der Waals surface area (Å²) in [6, 6.07) is 6.17. The molecule has 1 aromatic rings. The molecule has 0 atom stereocenters. The number of phenols is 1. The summed E-state index contributed by atoms with van der Waals surface area (Å²) in [6.07, 6.45) is 0. The highest BCUT2D eigenvalue weighted by Crippen LogP contribution is 2.11. The molecule has 0 bridgehead atoms. The fraction of sp³-hybridized carbons (Fsp3) is 0.273. The van der Waals surface area contributed by atoms with Gasteiger partial charge >= 0.3 is 11.9 Å². The molecule has 0 fully saturated rings. The van der Waals surface area contributed by atoms with E-state index in [9.17, 15) is 9.59 Å². The Morgan fingerprint density at radius 1 is 1.00 bits per heavy atom. The van der Waals surface area contributed by atoms with Gasteiger partial charge in [-0.25, -0.2) is 0 Å². The van der Waals surface area contributed by atoms with E-state index in [1.807, 2.05) is 0 Å². The van der Waals surface area contributed by atoms with Gasteiger partial charge in [-0.2, -0.15) is 0 Å². The third-order valence-electron chi connectivity index (χ3n) is 2.06. The SMILES string of the molecule is O=C(O)CN(CC(=O)O)Cc1ccc(O)cc1. The second-order valence-electron chi connectivity index (χ2n) is 3.60. The van der Waals surface area contributed by atoms with E-state index in [0.717, 1.165) is 5.56 Å². The van der Waals surface area contributed by atoms with Crippen molar-refractivity contribution in [2.45, 2.75) is 6.54 Å². The number of carboxylic acids is 2. The molecule has 0 saturated carbocycles. The molecule has 0 amide bonds. The first-order chi connectivity index (χ1) is 7.97. The summed E-state index contributed by atoms with van der Waals surface area (Å²) in [7, 11) is 0. The Kier molecular flexibility index (Phi) is 4.47. The molecule has 6 nitrogen and oxygen atoms in total. The summed E-state index contributed by atoms with van der Waals surface area (Å²) < 4.78 is 0. The molecule has 0 aliphatic heterocycles. The van der Waals surface area contributed by atoms with Gasteiger partial charge < -0.3 is 15.3 Å². The Balaban J connectivity index is 2.67. The van der Waals surface area contributed by atoms with Crippen molar-refractivity contribution in [2.24, 2.45) is 0 Å². The second kappa shape index (κ2) is 5.86. The number of hydrogen-bond donors (Lipinski definition) is 3. The minimum Gasteiger partial charge on any atom is -0.508 e. The van der Waals surface area contributed by atoms with Crippen LogP contribution in [0.15, 0.2) is 24.3 Å². The lowest BCUT2D eigenvalue weighted by Gasteiger charge is -2.17. The van der Waals surface area contributed by atoms with E-state index in [0.29, 0.717) is 0 Å². The molecule has 6 heteroatoms. The average Bonchev–Trinajstić information content (AvgIpc) is 2.19. The molecule has 3 N–H and O–H groups in total. The van der Waals surface area contributed by atoms with Crippen molar-refractivity contribution in [3.8, 4) is 5.75 Å². The Morgan fingerprint density at radius 3 is 1.88 bits per heavy atom. The highest BCUT2D eigenvalue weighted by Gasteiger charge is 2.13. The number of carbonyl (C=O) groups is 2. The quantitative estimate of drug-likeness (QED) is 0.663. The molecule has 0 aliphatic rings. The van der Waals surface area contributed by atoms with Crippen molar-refractivity contribution < 1.29 is 24.9 Å². The highest BCUT2D eigenvalue weighted by atomic mass is 16.4. The van der Waals surface area contributed by atoms with Gasteiger partial charge in [0.2, 0.25) is 0 Å². The molecular formula is C11H13NO5. The van der Waals surface area contributed by atoms with Crippen molar-refractivity contribution in [3.63, 3.8) is 0 Å². The molecule has 17 heavy (non-hydrogen) atoms. The maximum atomic E-state index is 10.6. The van der Waals surface area contributed by atoms with Crippen LogP contribution < -0.4 is 0 Å². The summed E-state index contributed by atoms with van der Waals surface area (Å²) in [4.78, 5) is 22.4. The molecular weight excluding hydrogens is 226 g/mol. The van der Waals surface area contributed by atoms with E-state index in [-0.39, 0.29) is 25.4 Å². The molecule has 1 aromatic carbocycles. The number of hydrogen-bond acceptors (Lipinski definition) is 4. The van der Waals surface area contributed by atoms with E-state index >= 15 is 0 Å². The molecule has 0 aromatic heterocycles. The second-order valence-corrected chi connectivity index (χ2v) is 3.60. The maximum Gasteiger partial charge on any atom is 0.317 e. The van der Waals surface area contributed by atoms with E-state index in [1.54, 1.807) is 12.1 Å². The fourth-order valence-corrected chi connectivity index (χ4v) is 1.41. The number of phenolic OH excluding ortho intramolecular Hbond substituents is 1. The van der Waals surface area contributed by atoms with Gasteiger partial charge in [0.15, 0.2) is 0 Å². The number of aromatic hydroxyl groups is 1. The van der Waals surface area contributed by atoms with E-state index in [1.165, 1.54) is 17.0 Å². The summed E-state index contributed by atoms with van der Waals surface area (Å²) in [5.41, 5.74) is 0.741. The van der Waals surface area contributed by atoms with Crippen LogP contribution in [0.2, 0.25) is 0 Å². The predicted octanol–water partition coefficient (Wildman–Crippen LogP) is 0.363. The van der Waals surface area contributed by atoms with E-state index < -0.39 is 11.9 Å². The van der Waals surface area contributed by atoms with E-state index in [2.05, 4.69) is 0 Å². The largest absolute Gasteiger partial charge is 0.508 e. The number of aliphatic carboxylic acids is 2. The molecule has 92 valence electrons. The van der Waals surface area contributed by atoms with Gasteiger partial charge in [0, 0.05) is 6.54 Å². The first-order valence-corrected chi connectivity index (χ1v) is 4.91. The van der Waals surface area contributed by atoms with Crippen molar-refractivity contribution >= 4 is 11.9 Å². The predicted molar refractivity (Wildman–Crippen MR) is 58.7 cm³/mol. The first-order valence-electron chi connectivity index (χ1n) is 4.91. The average molecular weight is 239 g/mol. The lowest BCUT2D eigenvalue weighted by atomic mass is 10.2. The Morgan fingerprint density at radius 2 is 1.47 bits per heavy atom. The number of nitrogens with zero attached hydrogens (tertiary/aromatic N) is 1. The summed E-state index contributed by atoms with van der Waals surface area (Å²) in [6.45, 7) is -0.473. The minimum atomic E-state index is -1.08. The lowest BCUT2D eigenvalue weighted by Crippen LogP contribution is -2.33. The smallest absolute Gasteiger partial charge is 0.317 e. The highest BCUT2D eigenvalue weighted by molar-refractivity contribution is 5.72. The minimum absolute atomic E-state index is 0.108. The standard InChI is InChI=1S/C11H13NO5/c13-9-3-1-8(2-4-9)5-12(6-10(14)15)7-11(16)17/h1-4,13H,5-7H2,(H,14,15)(H,16,17). The van der Waals surface area contributed by atoms with Gasteiger partial charge in [0.25, 0.3) is 0 Å². The fourth-order valence-electron chi connectivity index (χ4n) is 1.41. The summed E-state index contributed by atoms with van der Waals surface area (Å²) in [5, 5.41) is 26.4. The third kappa shape index (κ3) is 4.98. The molecule has 0 spiro atoms. The summed E-state index contributed by atoms with van der Waals surface area (Å²) >= 11 is 0. The van der Waals surface area contributed by atoms with Crippen LogP contribution in [0, 0.1) is 0 Å². The number of benzene rings is 1. The summed E-state index contributed by atoms with van der Waals surface area (Å²) in [5.74, 6) is -2.05. The topological polar surface area (TPSA) is 98.1 Å². The van der Waals surface area contributed by atoms with Crippen LogP contribution in [-0.2, 0) is 16.1 Å². The number of carboxylic acid groups (broad SMARTS) is 2. The zero-order valence-electron chi connectivity index (χ0n) is 9.04. The van der Waals surface area contributed by atoms with Crippen molar-refractivity contribution in [1.29, 1.82) is 0 Å². The van der Waals surface area contributed by atoms with Crippen LogP contribution in [0.25, 0.3) is 0 Å². The van der Waals surface area contributed by atoms with Gasteiger partial charge in [0.05, 0.1) is 13.1 Å². The first kappa shape index (κ1) is 13.0. The zero-order chi connectivity index (χ0) is 12.8. The van der Waals surface area contributed by atoms with E-state index in [4.69, 9.17) is 15.3 Å². The van der Waals surface area contributed by atoms with Crippen LogP contribution in [0.5, 0.6) is 5.75 Å². The number of rotatable bonds is 6. The monoisotopic (exact) mass is 239 g/mol. The maximum absolute atomic E-state index is 10.6. The van der Waals surface area contributed by atoms with Crippen LogP contribution >= 0.6 is 0 Å². The molecule has 0 saturated heterocycles. The Hall–Kier alpha value is -2.08. The lowest BCUT2D eigenvalue weighted by molar-refractivity contribution is -0.142. The Labute approximate surface area is 97.7 Å². The van der Waals surface area contributed by atoms with Gasteiger partial charge in [-0.1, -0.05) is 12.1 Å². The Bertz CT molecular complexity index is 385. The van der Waals surface area contributed by atoms with Crippen LogP contribution in [0.3, 0.4) is 0 Å². The van der Waals surface area contributed by atoms with Crippen LogP contribution in [-0.4, -0.2) is 45.2 Å². The molecule has 0 heterocycles. The van der Waals surface area contributed by atoms with Crippen molar-refractivity contribution in [2.75, 3.05) is 13.1 Å². The molecule has 0 radical (unpaired) electrons. The van der Waals surface area contributed by atoms with Gasteiger partial charge in [0.1, 0.15) is 5.75 Å². The normalized spacial score (nSPS) is 10.4. The van der Waals surface area contributed by atoms with Crippen LogP contribution in [0.1, 0.15) is 5.56 Å².